The zero-order valence-electron chi connectivity index (χ0n) is 13.8. The monoisotopic (exact) mass is 352 g/mol. The lowest BCUT2D eigenvalue weighted by Gasteiger charge is -2.47. The molecular weight excluding hydrogens is 324 g/mol. The molecule has 8 N–H and O–H groups in total. The lowest BCUT2D eigenvalue weighted by Crippen LogP contribution is -2.67. The second-order valence-electron chi connectivity index (χ2n) is 6.22. The van der Waals surface area contributed by atoms with E-state index in [0.717, 1.165) is 0 Å². The Labute approximate surface area is 140 Å². The molecule has 24 heavy (non-hydrogen) atoms. The van der Waals surface area contributed by atoms with E-state index in [0.29, 0.717) is 0 Å². The van der Waals surface area contributed by atoms with Gasteiger partial charge in [-0.2, -0.15) is 0 Å². The summed E-state index contributed by atoms with van der Waals surface area (Å²) in [4.78, 5) is 0. The predicted octanol–water partition coefficient (Wildman–Crippen LogP) is -3.74. The molecule has 2 rings (SSSR count). The smallest absolute Gasteiger partial charge is 0.176 e. The molecule has 10 unspecified atom stereocenters. The van der Waals surface area contributed by atoms with Crippen LogP contribution in [0.1, 0.15) is 6.92 Å². The summed E-state index contributed by atoms with van der Waals surface area (Å²) >= 11 is 0. The number of aliphatic hydroxyl groups is 4. The molecule has 2 aliphatic rings. The number of ether oxygens (including phenoxy) is 4. The molecule has 142 valence electrons. The topological polar surface area (TPSA) is 170 Å². The van der Waals surface area contributed by atoms with Crippen molar-refractivity contribution in [1.82, 2.24) is 0 Å². The van der Waals surface area contributed by atoms with Gasteiger partial charge in [-0.25, -0.2) is 0 Å². The van der Waals surface area contributed by atoms with Gasteiger partial charge in [0.15, 0.2) is 6.29 Å². The van der Waals surface area contributed by atoms with E-state index in [4.69, 9.17) is 30.4 Å². The first-order valence-electron chi connectivity index (χ1n) is 7.93. The first-order valence-corrected chi connectivity index (χ1v) is 7.93. The highest BCUT2D eigenvalue weighted by Gasteiger charge is 2.49. The van der Waals surface area contributed by atoms with Crippen LogP contribution in [0.5, 0.6) is 0 Å². The fourth-order valence-electron chi connectivity index (χ4n) is 3.13. The summed E-state index contributed by atoms with van der Waals surface area (Å²) in [6, 6.07) is -1.71. The van der Waals surface area contributed by atoms with Crippen molar-refractivity contribution < 1.29 is 39.4 Å². The van der Waals surface area contributed by atoms with Crippen molar-refractivity contribution >= 4 is 0 Å². The van der Waals surface area contributed by atoms with Crippen molar-refractivity contribution in [3.05, 3.63) is 0 Å². The molecule has 10 atom stereocenters. The van der Waals surface area contributed by atoms with Gasteiger partial charge in [0.05, 0.1) is 31.4 Å². The quantitative estimate of drug-likeness (QED) is 0.289. The van der Waals surface area contributed by atoms with E-state index in [1.807, 2.05) is 0 Å². The number of aliphatic hydroxyl groups excluding tert-OH is 4. The van der Waals surface area contributed by atoms with Gasteiger partial charge in [0.25, 0.3) is 0 Å². The van der Waals surface area contributed by atoms with E-state index in [9.17, 15) is 20.4 Å². The maximum atomic E-state index is 10.3. The molecule has 0 bridgehead atoms. The van der Waals surface area contributed by atoms with Gasteiger partial charge in [0, 0.05) is 7.11 Å². The summed E-state index contributed by atoms with van der Waals surface area (Å²) in [6.07, 6.45) is -7.35. The fourth-order valence-corrected chi connectivity index (χ4v) is 3.13. The molecule has 0 aliphatic carbocycles. The molecule has 0 aromatic carbocycles. The number of hydrogen-bond acceptors (Lipinski definition) is 10. The third kappa shape index (κ3) is 3.73. The Bertz CT molecular complexity index is 399. The molecule has 10 heteroatoms. The minimum absolute atomic E-state index is 0.395. The molecule has 0 radical (unpaired) electrons. The van der Waals surface area contributed by atoms with Gasteiger partial charge in [-0.05, 0) is 6.92 Å². The van der Waals surface area contributed by atoms with Crippen LogP contribution < -0.4 is 11.5 Å². The van der Waals surface area contributed by atoms with Crippen molar-refractivity contribution in [3.8, 4) is 0 Å². The summed E-state index contributed by atoms with van der Waals surface area (Å²) in [7, 11) is 1.37. The predicted molar refractivity (Wildman–Crippen MR) is 80.8 cm³/mol. The molecule has 2 heterocycles. The highest BCUT2D eigenvalue weighted by molar-refractivity contribution is 4.97. The van der Waals surface area contributed by atoms with E-state index in [1.165, 1.54) is 7.11 Å². The Hall–Kier alpha value is -0.400. The standard InChI is InChI=1S/C14H28N2O8/c1-5-8(15)10(19)13(7(4-18)22-5)24-14-9(16)11(20)12(21-2)6(3-17)23-14/h5-14,17-20H,3-4,15-16H2,1-2H3. The fraction of sp³-hybridized carbons (Fsp3) is 1.00. The molecule has 2 fully saturated rings. The van der Waals surface area contributed by atoms with Gasteiger partial charge in [-0.15, -0.1) is 0 Å². The van der Waals surface area contributed by atoms with Gasteiger partial charge in [-0.3, -0.25) is 0 Å². The van der Waals surface area contributed by atoms with Crippen LogP contribution in [0.4, 0.5) is 0 Å². The summed E-state index contributed by atoms with van der Waals surface area (Å²) in [5.74, 6) is 0. The van der Waals surface area contributed by atoms with E-state index in [-0.39, 0.29) is 0 Å². The van der Waals surface area contributed by atoms with Crippen molar-refractivity contribution in [2.45, 2.75) is 68.0 Å². The Morgan fingerprint density at radius 1 is 0.917 bits per heavy atom. The second-order valence-corrected chi connectivity index (χ2v) is 6.22. The lowest BCUT2D eigenvalue weighted by atomic mass is 9.93. The molecule has 0 aromatic heterocycles. The zero-order valence-corrected chi connectivity index (χ0v) is 13.8. The van der Waals surface area contributed by atoms with Gasteiger partial charge in [0.2, 0.25) is 0 Å². The highest BCUT2D eigenvalue weighted by Crippen LogP contribution is 2.28. The van der Waals surface area contributed by atoms with Gasteiger partial charge in [-0.1, -0.05) is 0 Å². The summed E-state index contributed by atoms with van der Waals surface area (Å²) in [6.45, 7) is 0.879. The summed E-state index contributed by atoms with van der Waals surface area (Å²) < 4.78 is 21.9. The molecule has 10 nitrogen and oxygen atoms in total. The molecule has 2 saturated heterocycles. The van der Waals surface area contributed by atoms with Crippen LogP contribution in [-0.4, -0.2) is 102 Å². The van der Waals surface area contributed by atoms with Crippen LogP contribution in [0.25, 0.3) is 0 Å². The largest absolute Gasteiger partial charge is 0.394 e. The Morgan fingerprint density at radius 2 is 1.46 bits per heavy atom. The Morgan fingerprint density at radius 3 is 2.00 bits per heavy atom. The number of methoxy groups -OCH3 is 1. The average molecular weight is 352 g/mol. The Balaban J connectivity index is 2.12. The molecule has 0 saturated carbocycles. The maximum absolute atomic E-state index is 10.3. The van der Waals surface area contributed by atoms with Crippen LogP contribution in [0.3, 0.4) is 0 Å². The van der Waals surface area contributed by atoms with Crippen LogP contribution in [-0.2, 0) is 18.9 Å². The Kier molecular flexibility index (Phi) is 6.90. The molecular formula is C14H28N2O8. The van der Waals surface area contributed by atoms with E-state index in [1.54, 1.807) is 6.92 Å². The molecule has 0 spiro atoms. The van der Waals surface area contributed by atoms with Crippen LogP contribution >= 0.6 is 0 Å². The van der Waals surface area contributed by atoms with Gasteiger partial charge < -0.3 is 50.8 Å². The molecule has 2 aliphatic heterocycles. The van der Waals surface area contributed by atoms with E-state index in [2.05, 4.69) is 0 Å². The highest BCUT2D eigenvalue weighted by atomic mass is 16.7. The minimum atomic E-state index is -1.15. The van der Waals surface area contributed by atoms with Crippen LogP contribution in [0, 0.1) is 0 Å². The SMILES string of the molecule is COC1C(CO)OC(OC2C(CO)OC(C)C(N)C2O)C(N)C1O. The number of hydrogen-bond donors (Lipinski definition) is 6. The van der Waals surface area contributed by atoms with Crippen molar-refractivity contribution in [3.63, 3.8) is 0 Å². The van der Waals surface area contributed by atoms with Crippen molar-refractivity contribution in [1.29, 1.82) is 0 Å². The number of nitrogens with two attached hydrogens (primary N) is 2. The maximum Gasteiger partial charge on any atom is 0.176 e. The average Bonchev–Trinajstić information content (AvgIpc) is 2.58. The van der Waals surface area contributed by atoms with Crippen LogP contribution in [0.15, 0.2) is 0 Å². The summed E-state index contributed by atoms with van der Waals surface area (Å²) in [5.41, 5.74) is 11.8. The summed E-state index contributed by atoms with van der Waals surface area (Å²) in [5, 5.41) is 39.4. The molecule has 0 amide bonds. The second kappa shape index (κ2) is 8.32. The van der Waals surface area contributed by atoms with Gasteiger partial charge >= 0.3 is 0 Å². The van der Waals surface area contributed by atoms with Crippen LogP contribution in [0.2, 0.25) is 0 Å². The van der Waals surface area contributed by atoms with Crippen molar-refractivity contribution in [2.24, 2.45) is 11.5 Å². The first-order chi connectivity index (χ1) is 11.3. The third-order valence-corrected chi connectivity index (χ3v) is 4.67. The normalized spacial score (nSPS) is 50.0. The van der Waals surface area contributed by atoms with Crippen molar-refractivity contribution in [2.75, 3.05) is 20.3 Å². The first kappa shape index (κ1) is 19.9. The third-order valence-electron chi connectivity index (χ3n) is 4.67. The minimum Gasteiger partial charge on any atom is -0.394 e. The molecule has 0 aromatic rings. The zero-order chi connectivity index (χ0) is 18.0. The number of rotatable bonds is 5. The van der Waals surface area contributed by atoms with E-state index >= 15 is 0 Å². The van der Waals surface area contributed by atoms with E-state index < -0.39 is 74.3 Å². The van der Waals surface area contributed by atoms with Gasteiger partial charge in [0.1, 0.15) is 36.6 Å². The lowest BCUT2D eigenvalue weighted by molar-refractivity contribution is -0.312.